The van der Waals surface area contributed by atoms with E-state index in [0.717, 1.165) is 24.4 Å². The van der Waals surface area contributed by atoms with Crippen molar-refractivity contribution in [2.45, 2.75) is 13.3 Å². The topological polar surface area (TPSA) is 49.3 Å². The lowest BCUT2D eigenvalue weighted by molar-refractivity contribution is 0.836. The number of nitrogens with one attached hydrogen (secondary N) is 2. The van der Waals surface area contributed by atoms with Gasteiger partial charge in [-0.2, -0.15) is 5.10 Å². The van der Waals surface area contributed by atoms with E-state index in [4.69, 9.17) is 12.2 Å². The Hall–Kier alpha value is -2.27. The van der Waals surface area contributed by atoms with Crippen LogP contribution < -0.4 is 10.7 Å². The number of nitrogens with zero attached hydrogens (tertiary/aromatic N) is 2. The Bertz CT molecular complexity index is 596. The zero-order valence-corrected chi connectivity index (χ0v) is 12.7. The molecule has 0 fully saturated rings. The summed E-state index contributed by atoms with van der Waals surface area (Å²) in [6.07, 6.45) is 2.66. The summed E-state index contributed by atoms with van der Waals surface area (Å²) >= 11 is 5.19. The number of aromatic nitrogens is 1. The molecule has 2 aromatic rings. The smallest absolute Gasteiger partial charge is 0.186 e. The first kappa shape index (κ1) is 15.1. The second kappa shape index (κ2) is 8.11. The summed E-state index contributed by atoms with van der Waals surface area (Å²) in [5, 5.41) is 7.87. The first-order chi connectivity index (χ1) is 10.3. The van der Waals surface area contributed by atoms with Gasteiger partial charge in [-0.25, -0.2) is 0 Å². The highest BCUT2D eigenvalue weighted by Crippen LogP contribution is 1.98. The van der Waals surface area contributed by atoms with Crippen LogP contribution >= 0.6 is 12.2 Å². The van der Waals surface area contributed by atoms with Crippen molar-refractivity contribution in [3.8, 4) is 0 Å². The minimum atomic E-state index is 0.515. The quantitative estimate of drug-likeness (QED) is 0.506. The van der Waals surface area contributed by atoms with Gasteiger partial charge in [0.25, 0.3) is 0 Å². The lowest BCUT2D eigenvalue weighted by Crippen LogP contribution is -2.34. The molecular weight excluding hydrogens is 280 g/mol. The highest BCUT2D eigenvalue weighted by molar-refractivity contribution is 7.80. The van der Waals surface area contributed by atoms with Crippen molar-refractivity contribution in [2.75, 3.05) is 6.54 Å². The first-order valence-corrected chi connectivity index (χ1v) is 7.20. The van der Waals surface area contributed by atoms with Crippen LogP contribution in [-0.2, 0) is 6.42 Å². The number of pyridine rings is 1. The van der Waals surface area contributed by atoms with Crippen LogP contribution in [0.25, 0.3) is 0 Å². The van der Waals surface area contributed by atoms with Gasteiger partial charge in [0.1, 0.15) is 0 Å². The third-order valence-corrected chi connectivity index (χ3v) is 3.14. The predicted octanol–water partition coefficient (Wildman–Crippen LogP) is 2.51. The van der Waals surface area contributed by atoms with E-state index in [0.29, 0.717) is 5.11 Å². The van der Waals surface area contributed by atoms with Crippen LogP contribution in [0.3, 0.4) is 0 Å². The Morgan fingerprint density at radius 1 is 1.14 bits per heavy atom. The van der Waals surface area contributed by atoms with E-state index in [-0.39, 0.29) is 0 Å². The fraction of sp³-hybridized carbons (Fsp3) is 0.188. The average molecular weight is 298 g/mol. The van der Waals surface area contributed by atoms with Crippen LogP contribution in [0.1, 0.15) is 18.2 Å². The van der Waals surface area contributed by atoms with Gasteiger partial charge in [0.2, 0.25) is 0 Å². The van der Waals surface area contributed by atoms with Gasteiger partial charge in [0, 0.05) is 12.7 Å². The molecule has 1 aromatic heterocycles. The van der Waals surface area contributed by atoms with E-state index in [1.807, 2.05) is 43.3 Å². The standard InChI is InChI=1S/C16H18N4S/c1-13(15-9-5-6-11-17-15)19-20-16(21)18-12-10-14-7-3-2-4-8-14/h2-9,11H,10,12H2,1H3,(H2,18,20,21). The van der Waals surface area contributed by atoms with Crippen molar-refractivity contribution in [3.63, 3.8) is 0 Å². The minimum Gasteiger partial charge on any atom is -0.361 e. The fourth-order valence-electron chi connectivity index (χ4n) is 1.77. The van der Waals surface area contributed by atoms with Crippen molar-refractivity contribution in [1.82, 2.24) is 15.7 Å². The molecule has 1 aromatic carbocycles. The Balaban J connectivity index is 1.75. The van der Waals surface area contributed by atoms with Gasteiger partial charge in [-0.05, 0) is 43.3 Å². The maximum Gasteiger partial charge on any atom is 0.186 e. The molecule has 0 amide bonds. The number of hydrogen-bond acceptors (Lipinski definition) is 3. The summed E-state index contributed by atoms with van der Waals surface area (Å²) in [6, 6.07) is 16.0. The lowest BCUT2D eigenvalue weighted by atomic mass is 10.1. The van der Waals surface area contributed by atoms with E-state index in [9.17, 15) is 0 Å². The summed E-state index contributed by atoms with van der Waals surface area (Å²) < 4.78 is 0. The first-order valence-electron chi connectivity index (χ1n) is 6.79. The van der Waals surface area contributed by atoms with Gasteiger partial charge >= 0.3 is 0 Å². The zero-order valence-electron chi connectivity index (χ0n) is 11.9. The molecule has 0 spiro atoms. The second-order valence-corrected chi connectivity index (χ2v) is 4.92. The SMILES string of the molecule is CC(=NNC(=S)NCCc1ccccc1)c1ccccn1. The van der Waals surface area contributed by atoms with Gasteiger partial charge in [-0.1, -0.05) is 36.4 Å². The van der Waals surface area contributed by atoms with Crippen LogP contribution in [-0.4, -0.2) is 22.4 Å². The highest BCUT2D eigenvalue weighted by Gasteiger charge is 1.98. The molecule has 0 saturated heterocycles. The number of hydrazone groups is 1. The normalized spacial score (nSPS) is 11.0. The molecule has 0 saturated carbocycles. The third-order valence-electron chi connectivity index (χ3n) is 2.90. The van der Waals surface area contributed by atoms with Crippen molar-refractivity contribution in [1.29, 1.82) is 0 Å². The molecule has 5 heteroatoms. The highest BCUT2D eigenvalue weighted by atomic mass is 32.1. The summed E-state index contributed by atoms with van der Waals surface area (Å²) in [5.41, 5.74) is 5.74. The monoisotopic (exact) mass is 298 g/mol. The number of rotatable bonds is 5. The summed E-state index contributed by atoms with van der Waals surface area (Å²) in [7, 11) is 0. The molecule has 4 nitrogen and oxygen atoms in total. The zero-order chi connectivity index (χ0) is 14.9. The van der Waals surface area contributed by atoms with Gasteiger partial charge in [0.05, 0.1) is 11.4 Å². The molecule has 0 atom stereocenters. The maximum atomic E-state index is 5.19. The summed E-state index contributed by atoms with van der Waals surface area (Å²) in [4.78, 5) is 4.22. The molecule has 108 valence electrons. The van der Waals surface area contributed by atoms with Crippen molar-refractivity contribution in [3.05, 3.63) is 66.0 Å². The molecule has 21 heavy (non-hydrogen) atoms. The van der Waals surface area contributed by atoms with E-state index in [1.165, 1.54) is 5.56 Å². The van der Waals surface area contributed by atoms with Crippen LogP contribution in [0.15, 0.2) is 59.8 Å². The average Bonchev–Trinajstić information content (AvgIpc) is 2.54. The molecule has 1 heterocycles. The predicted molar refractivity (Wildman–Crippen MR) is 90.3 cm³/mol. The van der Waals surface area contributed by atoms with Gasteiger partial charge < -0.3 is 5.32 Å². The second-order valence-electron chi connectivity index (χ2n) is 4.52. The van der Waals surface area contributed by atoms with Gasteiger partial charge in [0.15, 0.2) is 5.11 Å². The molecule has 0 unspecified atom stereocenters. The maximum absolute atomic E-state index is 5.19. The van der Waals surface area contributed by atoms with Crippen LogP contribution in [0, 0.1) is 0 Å². The summed E-state index contributed by atoms with van der Waals surface area (Å²) in [6.45, 7) is 2.66. The molecule has 0 aliphatic carbocycles. The van der Waals surface area contributed by atoms with E-state index < -0.39 is 0 Å². The third kappa shape index (κ3) is 5.31. The molecule has 0 radical (unpaired) electrons. The molecule has 0 aliphatic rings. The Labute approximate surface area is 130 Å². The minimum absolute atomic E-state index is 0.515. The Morgan fingerprint density at radius 2 is 1.90 bits per heavy atom. The van der Waals surface area contributed by atoms with Crippen molar-refractivity contribution < 1.29 is 0 Å². The number of hydrogen-bond donors (Lipinski definition) is 2. The Kier molecular flexibility index (Phi) is 5.84. The molecule has 0 bridgehead atoms. The number of thiocarbonyl (C=S) groups is 1. The van der Waals surface area contributed by atoms with E-state index in [1.54, 1.807) is 6.20 Å². The van der Waals surface area contributed by atoms with Crippen molar-refractivity contribution in [2.24, 2.45) is 5.10 Å². The van der Waals surface area contributed by atoms with Gasteiger partial charge in [-0.15, -0.1) is 0 Å². The van der Waals surface area contributed by atoms with E-state index >= 15 is 0 Å². The van der Waals surface area contributed by atoms with Crippen LogP contribution in [0.4, 0.5) is 0 Å². The molecule has 0 aliphatic heterocycles. The molecule has 2 N–H and O–H groups in total. The fourth-order valence-corrected chi connectivity index (χ4v) is 1.92. The van der Waals surface area contributed by atoms with Crippen molar-refractivity contribution >= 4 is 23.0 Å². The lowest BCUT2D eigenvalue weighted by Gasteiger charge is -2.08. The van der Waals surface area contributed by atoms with Gasteiger partial charge in [-0.3, -0.25) is 10.4 Å². The number of benzene rings is 1. The van der Waals surface area contributed by atoms with Crippen LogP contribution in [0.5, 0.6) is 0 Å². The largest absolute Gasteiger partial charge is 0.361 e. The Morgan fingerprint density at radius 3 is 2.62 bits per heavy atom. The molecular formula is C16H18N4S. The van der Waals surface area contributed by atoms with Crippen LogP contribution in [0.2, 0.25) is 0 Å². The van der Waals surface area contributed by atoms with E-state index in [2.05, 4.69) is 33.0 Å². The summed E-state index contributed by atoms with van der Waals surface area (Å²) in [5.74, 6) is 0. The molecule has 2 rings (SSSR count).